The van der Waals surface area contributed by atoms with Crippen LogP contribution in [-0.4, -0.2) is 24.2 Å². The molecule has 1 heterocycles. The minimum atomic E-state index is -0.399. The number of carbonyl (C=O) groups is 1. The number of hydrogen-bond acceptors (Lipinski definition) is 4. The molecule has 16 heavy (non-hydrogen) atoms. The molecule has 0 aliphatic rings. The Morgan fingerprint density at radius 2 is 2.06 bits per heavy atom. The quantitative estimate of drug-likeness (QED) is 0.695. The van der Waals surface area contributed by atoms with Crippen LogP contribution in [-0.2, 0) is 4.74 Å². The van der Waals surface area contributed by atoms with Crippen molar-refractivity contribution in [2.45, 2.75) is 26.7 Å². The highest BCUT2D eigenvalue weighted by Gasteiger charge is 2.09. The van der Waals surface area contributed by atoms with Crippen LogP contribution < -0.4 is 4.74 Å². The van der Waals surface area contributed by atoms with E-state index >= 15 is 0 Å². The maximum absolute atomic E-state index is 11.5. The van der Waals surface area contributed by atoms with Gasteiger partial charge in [0.05, 0.1) is 13.2 Å². The topological polar surface area (TPSA) is 48.4 Å². The van der Waals surface area contributed by atoms with E-state index in [0.29, 0.717) is 24.7 Å². The fourth-order valence-corrected chi connectivity index (χ4v) is 1.10. The molecule has 1 aromatic rings. The van der Waals surface area contributed by atoms with E-state index in [0.717, 1.165) is 12.8 Å². The van der Waals surface area contributed by atoms with Gasteiger partial charge in [0.1, 0.15) is 5.75 Å². The molecule has 4 nitrogen and oxygen atoms in total. The summed E-state index contributed by atoms with van der Waals surface area (Å²) < 4.78 is 10.4. The second-order valence-electron chi connectivity index (χ2n) is 3.36. The fourth-order valence-electron chi connectivity index (χ4n) is 1.10. The van der Waals surface area contributed by atoms with E-state index in [4.69, 9.17) is 9.47 Å². The van der Waals surface area contributed by atoms with Crippen LogP contribution in [0.15, 0.2) is 18.3 Å². The van der Waals surface area contributed by atoms with Crippen LogP contribution in [0.3, 0.4) is 0 Å². The Morgan fingerprint density at radius 1 is 1.31 bits per heavy atom. The van der Waals surface area contributed by atoms with E-state index < -0.39 is 5.97 Å². The molecule has 0 aliphatic heterocycles. The third-order valence-corrected chi connectivity index (χ3v) is 1.85. The third kappa shape index (κ3) is 3.88. The number of rotatable bonds is 6. The number of esters is 1. The summed E-state index contributed by atoms with van der Waals surface area (Å²) in [5.74, 6) is 0.254. The summed E-state index contributed by atoms with van der Waals surface area (Å²) >= 11 is 0. The standard InChI is InChI=1S/C12H17NO3/c1-3-7-15-10-5-6-13-11(9-10)12(14)16-8-4-2/h5-6,9H,3-4,7-8H2,1-2H3. The van der Waals surface area contributed by atoms with Crippen molar-refractivity contribution in [3.8, 4) is 5.75 Å². The molecule has 0 N–H and O–H groups in total. The zero-order chi connectivity index (χ0) is 11.8. The predicted molar refractivity (Wildman–Crippen MR) is 60.6 cm³/mol. The molecule has 0 atom stereocenters. The number of ether oxygens (including phenoxy) is 2. The Morgan fingerprint density at radius 3 is 2.75 bits per heavy atom. The second kappa shape index (κ2) is 6.82. The highest BCUT2D eigenvalue weighted by molar-refractivity contribution is 5.87. The Hall–Kier alpha value is -1.58. The lowest BCUT2D eigenvalue weighted by atomic mass is 10.3. The zero-order valence-electron chi connectivity index (χ0n) is 9.73. The largest absolute Gasteiger partial charge is 0.493 e. The molecular formula is C12H17NO3. The van der Waals surface area contributed by atoms with Gasteiger partial charge in [-0.05, 0) is 18.9 Å². The van der Waals surface area contributed by atoms with Crippen LogP contribution >= 0.6 is 0 Å². The molecule has 0 unspecified atom stereocenters. The van der Waals surface area contributed by atoms with Crippen molar-refractivity contribution >= 4 is 5.97 Å². The van der Waals surface area contributed by atoms with Crippen LogP contribution in [0.5, 0.6) is 5.75 Å². The average molecular weight is 223 g/mol. The van der Waals surface area contributed by atoms with E-state index in [2.05, 4.69) is 4.98 Å². The van der Waals surface area contributed by atoms with Crippen LogP contribution in [0.1, 0.15) is 37.2 Å². The maximum atomic E-state index is 11.5. The molecule has 0 fully saturated rings. The first-order chi connectivity index (χ1) is 7.77. The summed E-state index contributed by atoms with van der Waals surface area (Å²) in [4.78, 5) is 15.4. The predicted octanol–water partition coefficient (Wildman–Crippen LogP) is 2.44. The molecule has 0 saturated carbocycles. The van der Waals surface area contributed by atoms with E-state index in [1.54, 1.807) is 18.3 Å². The first-order valence-corrected chi connectivity index (χ1v) is 5.54. The van der Waals surface area contributed by atoms with Crippen molar-refractivity contribution in [1.29, 1.82) is 0 Å². The average Bonchev–Trinajstić information content (AvgIpc) is 2.33. The van der Waals surface area contributed by atoms with Crippen molar-refractivity contribution in [2.24, 2.45) is 0 Å². The van der Waals surface area contributed by atoms with Gasteiger partial charge in [-0.15, -0.1) is 0 Å². The van der Waals surface area contributed by atoms with Gasteiger partial charge in [0.2, 0.25) is 0 Å². The summed E-state index contributed by atoms with van der Waals surface area (Å²) in [5, 5.41) is 0. The van der Waals surface area contributed by atoms with Crippen molar-refractivity contribution in [3.05, 3.63) is 24.0 Å². The summed E-state index contributed by atoms with van der Waals surface area (Å²) in [6.07, 6.45) is 3.28. The molecule has 0 aliphatic carbocycles. The highest BCUT2D eigenvalue weighted by Crippen LogP contribution is 2.12. The smallest absolute Gasteiger partial charge is 0.357 e. The maximum Gasteiger partial charge on any atom is 0.357 e. The zero-order valence-corrected chi connectivity index (χ0v) is 9.73. The normalized spacial score (nSPS) is 9.88. The van der Waals surface area contributed by atoms with Crippen molar-refractivity contribution in [1.82, 2.24) is 4.98 Å². The van der Waals surface area contributed by atoms with Crippen LogP contribution in [0.4, 0.5) is 0 Å². The first kappa shape index (κ1) is 12.5. The fraction of sp³-hybridized carbons (Fsp3) is 0.500. The van der Waals surface area contributed by atoms with Gasteiger partial charge in [-0.3, -0.25) is 0 Å². The summed E-state index contributed by atoms with van der Waals surface area (Å²) in [7, 11) is 0. The highest BCUT2D eigenvalue weighted by atomic mass is 16.5. The molecule has 0 spiro atoms. The molecule has 1 rings (SSSR count). The van der Waals surface area contributed by atoms with Gasteiger partial charge in [-0.1, -0.05) is 13.8 Å². The Kier molecular flexibility index (Phi) is 5.32. The third-order valence-electron chi connectivity index (χ3n) is 1.85. The van der Waals surface area contributed by atoms with Crippen molar-refractivity contribution in [2.75, 3.05) is 13.2 Å². The molecule has 1 aromatic heterocycles. The van der Waals surface area contributed by atoms with Gasteiger partial charge in [0, 0.05) is 12.3 Å². The second-order valence-corrected chi connectivity index (χ2v) is 3.36. The van der Waals surface area contributed by atoms with Crippen LogP contribution in [0.25, 0.3) is 0 Å². The number of carbonyl (C=O) groups excluding carboxylic acids is 1. The molecular weight excluding hydrogens is 206 g/mol. The van der Waals surface area contributed by atoms with Crippen LogP contribution in [0.2, 0.25) is 0 Å². The van der Waals surface area contributed by atoms with Gasteiger partial charge >= 0.3 is 5.97 Å². The SMILES string of the molecule is CCCOC(=O)c1cc(OCCC)ccn1. The van der Waals surface area contributed by atoms with E-state index in [-0.39, 0.29) is 0 Å². The molecule has 88 valence electrons. The number of hydrogen-bond donors (Lipinski definition) is 0. The minimum absolute atomic E-state index is 0.294. The number of nitrogens with zero attached hydrogens (tertiary/aromatic N) is 1. The minimum Gasteiger partial charge on any atom is -0.493 e. The lowest BCUT2D eigenvalue weighted by Gasteiger charge is -2.06. The van der Waals surface area contributed by atoms with Crippen molar-refractivity contribution in [3.63, 3.8) is 0 Å². The molecule has 0 saturated heterocycles. The van der Waals surface area contributed by atoms with Gasteiger partial charge in [0.15, 0.2) is 5.69 Å². The lowest BCUT2D eigenvalue weighted by molar-refractivity contribution is 0.0497. The Bertz CT molecular complexity index is 339. The first-order valence-electron chi connectivity index (χ1n) is 5.54. The van der Waals surface area contributed by atoms with E-state index in [1.807, 2.05) is 13.8 Å². The van der Waals surface area contributed by atoms with E-state index in [9.17, 15) is 4.79 Å². The molecule has 0 amide bonds. The Labute approximate surface area is 95.6 Å². The van der Waals surface area contributed by atoms with Gasteiger partial charge in [0.25, 0.3) is 0 Å². The lowest BCUT2D eigenvalue weighted by Crippen LogP contribution is -2.08. The molecule has 0 radical (unpaired) electrons. The number of pyridine rings is 1. The summed E-state index contributed by atoms with van der Waals surface area (Å²) in [6.45, 7) is 5.02. The van der Waals surface area contributed by atoms with Crippen molar-refractivity contribution < 1.29 is 14.3 Å². The van der Waals surface area contributed by atoms with E-state index in [1.165, 1.54) is 0 Å². The van der Waals surface area contributed by atoms with Gasteiger partial charge in [-0.25, -0.2) is 9.78 Å². The summed E-state index contributed by atoms with van der Waals surface area (Å²) in [6, 6.07) is 3.33. The van der Waals surface area contributed by atoms with Gasteiger partial charge in [-0.2, -0.15) is 0 Å². The summed E-state index contributed by atoms with van der Waals surface area (Å²) in [5.41, 5.74) is 0.294. The molecule has 0 bridgehead atoms. The van der Waals surface area contributed by atoms with Gasteiger partial charge < -0.3 is 9.47 Å². The van der Waals surface area contributed by atoms with Crippen LogP contribution in [0, 0.1) is 0 Å². The Balaban J connectivity index is 2.62. The molecule has 4 heteroatoms. The monoisotopic (exact) mass is 223 g/mol. The molecule has 0 aromatic carbocycles. The number of aromatic nitrogens is 1.